The van der Waals surface area contributed by atoms with E-state index in [9.17, 15) is 14.4 Å². The number of benzene rings is 2. The zero-order chi connectivity index (χ0) is 24.9. The number of ether oxygens (including phenoxy) is 1. The number of hydrogen-bond donors (Lipinski definition) is 1. The van der Waals surface area contributed by atoms with Gasteiger partial charge in [-0.25, -0.2) is 4.68 Å². The highest BCUT2D eigenvalue weighted by Crippen LogP contribution is 2.19. The van der Waals surface area contributed by atoms with Gasteiger partial charge in [0.2, 0.25) is 5.91 Å². The number of carbonyl (C=O) groups excluding carboxylic acids is 2. The van der Waals surface area contributed by atoms with Crippen LogP contribution in [0.2, 0.25) is 0 Å². The number of thiophene rings is 1. The Labute approximate surface area is 206 Å². The minimum Gasteiger partial charge on any atom is -0.497 e. The molecule has 0 bridgehead atoms. The lowest BCUT2D eigenvalue weighted by Gasteiger charge is -2.29. The van der Waals surface area contributed by atoms with E-state index in [2.05, 4.69) is 5.10 Å². The van der Waals surface area contributed by atoms with Gasteiger partial charge in [-0.1, -0.05) is 36.4 Å². The topological polar surface area (TPSA) is 108 Å². The van der Waals surface area contributed by atoms with Crippen molar-refractivity contribution in [2.45, 2.75) is 32.5 Å². The Bertz CT molecular complexity index is 1400. The first-order valence-electron chi connectivity index (χ1n) is 11.1. The molecule has 2 aromatic heterocycles. The number of nitrogens with zero attached hydrogens (tertiary/aromatic N) is 3. The molecule has 180 valence electrons. The SMILES string of the molecule is COc1ccc(CN(C(=O)Cn2nc(C(N)=O)c3ccccc3c2=O)[C@H](C)Cc2cccs2)cc1. The van der Waals surface area contributed by atoms with Gasteiger partial charge in [0.25, 0.3) is 11.5 Å². The lowest BCUT2D eigenvalue weighted by molar-refractivity contribution is -0.134. The Hall–Kier alpha value is -3.98. The first-order chi connectivity index (χ1) is 16.9. The molecule has 4 aromatic rings. The van der Waals surface area contributed by atoms with Crippen LogP contribution in [0.4, 0.5) is 0 Å². The zero-order valence-corrected chi connectivity index (χ0v) is 20.3. The summed E-state index contributed by atoms with van der Waals surface area (Å²) in [6.07, 6.45) is 0.673. The highest BCUT2D eigenvalue weighted by molar-refractivity contribution is 7.09. The zero-order valence-electron chi connectivity index (χ0n) is 19.5. The molecular formula is C26H26N4O4S. The second-order valence-corrected chi connectivity index (χ2v) is 9.26. The summed E-state index contributed by atoms with van der Waals surface area (Å²) in [6, 6.07) is 18.0. The fourth-order valence-electron chi connectivity index (χ4n) is 3.99. The van der Waals surface area contributed by atoms with Crippen molar-refractivity contribution >= 4 is 33.9 Å². The van der Waals surface area contributed by atoms with Crippen LogP contribution >= 0.6 is 11.3 Å². The van der Waals surface area contributed by atoms with Crippen LogP contribution in [0.5, 0.6) is 5.75 Å². The molecule has 8 nitrogen and oxygen atoms in total. The van der Waals surface area contributed by atoms with Gasteiger partial charge in [0, 0.05) is 29.3 Å². The average Bonchev–Trinajstić information content (AvgIpc) is 3.37. The molecule has 2 heterocycles. The highest BCUT2D eigenvalue weighted by atomic mass is 32.1. The van der Waals surface area contributed by atoms with Gasteiger partial charge in [0.05, 0.1) is 12.5 Å². The van der Waals surface area contributed by atoms with E-state index in [0.29, 0.717) is 18.4 Å². The van der Waals surface area contributed by atoms with Gasteiger partial charge >= 0.3 is 0 Å². The van der Waals surface area contributed by atoms with Gasteiger partial charge in [-0.15, -0.1) is 11.3 Å². The fraction of sp³-hybridized carbons (Fsp3) is 0.231. The first-order valence-corrected chi connectivity index (χ1v) is 12.0. The van der Waals surface area contributed by atoms with E-state index in [4.69, 9.17) is 10.5 Å². The van der Waals surface area contributed by atoms with Crippen molar-refractivity contribution in [1.82, 2.24) is 14.7 Å². The summed E-state index contributed by atoms with van der Waals surface area (Å²) in [4.78, 5) is 41.6. The van der Waals surface area contributed by atoms with Crippen LogP contribution in [0, 0.1) is 0 Å². The molecule has 0 unspecified atom stereocenters. The number of amides is 2. The number of rotatable bonds is 9. The summed E-state index contributed by atoms with van der Waals surface area (Å²) in [5.41, 5.74) is 5.95. The van der Waals surface area contributed by atoms with Crippen molar-refractivity contribution < 1.29 is 14.3 Å². The lowest BCUT2D eigenvalue weighted by Crippen LogP contribution is -2.43. The molecule has 0 radical (unpaired) electrons. The van der Waals surface area contributed by atoms with Crippen molar-refractivity contribution in [1.29, 1.82) is 0 Å². The van der Waals surface area contributed by atoms with Crippen molar-refractivity contribution in [2.24, 2.45) is 5.73 Å². The minimum absolute atomic E-state index is 0.0404. The second kappa shape index (κ2) is 10.5. The Morgan fingerprint density at radius 3 is 2.43 bits per heavy atom. The predicted octanol–water partition coefficient (Wildman–Crippen LogP) is 3.23. The molecule has 4 rings (SSSR count). The van der Waals surface area contributed by atoms with E-state index in [1.165, 1.54) is 0 Å². The maximum atomic E-state index is 13.6. The van der Waals surface area contributed by atoms with Crippen LogP contribution in [-0.4, -0.2) is 39.6 Å². The number of methoxy groups -OCH3 is 1. The molecule has 2 aromatic carbocycles. The van der Waals surface area contributed by atoms with E-state index in [1.54, 1.807) is 47.6 Å². The average molecular weight is 491 g/mol. The number of fused-ring (bicyclic) bond motifs is 1. The van der Waals surface area contributed by atoms with Crippen molar-refractivity contribution in [3.8, 4) is 5.75 Å². The Kier molecular flexibility index (Phi) is 7.26. The Balaban J connectivity index is 1.67. The molecule has 0 saturated heterocycles. The van der Waals surface area contributed by atoms with Crippen LogP contribution in [0.3, 0.4) is 0 Å². The third-order valence-electron chi connectivity index (χ3n) is 5.83. The molecule has 35 heavy (non-hydrogen) atoms. The van der Waals surface area contributed by atoms with Gasteiger partial charge in [-0.3, -0.25) is 14.4 Å². The molecule has 0 fully saturated rings. The standard InChI is InChI=1S/C26H26N4O4S/c1-17(14-20-6-5-13-35-20)29(15-18-9-11-19(34-2)12-10-18)23(31)16-30-26(33)22-8-4-3-7-21(22)24(28-30)25(27)32/h3-13,17H,14-16H2,1-2H3,(H2,27,32)/t17-/m1/s1. The normalized spacial score (nSPS) is 11.8. The van der Waals surface area contributed by atoms with Crippen LogP contribution < -0.4 is 16.0 Å². The van der Waals surface area contributed by atoms with E-state index >= 15 is 0 Å². The molecule has 2 amide bonds. The smallest absolute Gasteiger partial charge is 0.275 e. The van der Waals surface area contributed by atoms with Gasteiger partial charge in [-0.2, -0.15) is 5.10 Å². The number of hydrogen-bond acceptors (Lipinski definition) is 6. The highest BCUT2D eigenvalue weighted by Gasteiger charge is 2.24. The lowest BCUT2D eigenvalue weighted by atomic mass is 10.1. The third kappa shape index (κ3) is 5.41. The summed E-state index contributed by atoms with van der Waals surface area (Å²) in [5, 5.41) is 6.82. The maximum Gasteiger partial charge on any atom is 0.275 e. The van der Waals surface area contributed by atoms with Gasteiger partial charge in [0.1, 0.15) is 12.3 Å². The first kappa shape index (κ1) is 24.2. The summed E-state index contributed by atoms with van der Waals surface area (Å²) in [7, 11) is 1.60. The third-order valence-corrected chi connectivity index (χ3v) is 6.73. The van der Waals surface area contributed by atoms with Crippen LogP contribution in [0.15, 0.2) is 70.8 Å². The number of primary amides is 1. The van der Waals surface area contributed by atoms with Crippen molar-refractivity contribution in [3.05, 3.63) is 92.5 Å². The molecule has 2 N–H and O–H groups in total. The molecule has 0 aliphatic rings. The van der Waals surface area contributed by atoms with E-state index in [-0.39, 0.29) is 29.6 Å². The number of aromatic nitrogens is 2. The summed E-state index contributed by atoms with van der Waals surface area (Å²) in [5.74, 6) is -0.321. The molecule has 9 heteroatoms. The van der Waals surface area contributed by atoms with Crippen LogP contribution in [0.25, 0.3) is 10.8 Å². The molecule has 0 aliphatic heterocycles. The Morgan fingerprint density at radius 1 is 1.09 bits per heavy atom. The van der Waals surface area contributed by atoms with E-state index < -0.39 is 11.5 Å². The number of carbonyl (C=O) groups is 2. The molecule has 0 spiro atoms. The summed E-state index contributed by atoms with van der Waals surface area (Å²) < 4.78 is 6.27. The molecule has 0 saturated carbocycles. The monoisotopic (exact) mass is 490 g/mol. The van der Waals surface area contributed by atoms with Crippen molar-refractivity contribution in [3.63, 3.8) is 0 Å². The molecule has 0 aliphatic carbocycles. The maximum absolute atomic E-state index is 13.6. The minimum atomic E-state index is -0.761. The van der Waals surface area contributed by atoms with Gasteiger partial charge in [0.15, 0.2) is 5.69 Å². The van der Waals surface area contributed by atoms with E-state index in [0.717, 1.165) is 20.9 Å². The summed E-state index contributed by atoms with van der Waals surface area (Å²) in [6.45, 7) is 2.02. The van der Waals surface area contributed by atoms with Gasteiger partial charge < -0.3 is 15.4 Å². The largest absolute Gasteiger partial charge is 0.497 e. The Morgan fingerprint density at radius 2 is 1.80 bits per heavy atom. The van der Waals surface area contributed by atoms with Gasteiger partial charge in [-0.05, 0) is 42.1 Å². The summed E-state index contributed by atoms with van der Waals surface area (Å²) >= 11 is 1.63. The van der Waals surface area contributed by atoms with Crippen LogP contribution in [-0.2, 0) is 24.3 Å². The quantitative estimate of drug-likeness (QED) is 0.388. The van der Waals surface area contributed by atoms with Crippen molar-refractivity contribution in [2.75, 3.05) is 7.11 Å². The molecular weight excluding hydrogens is 464 g/mol. The molecule has 1 atom stereocenters. The van der Waals surface area contributed by atoms with Crippen LogP contribution in [0.1, 0.15) is 27.9 Å². The van der Waals surface area contributed by atoms with E-state index in [1.807, 2.05) is 48.7 Å². The fourth-order valence-corrected chi connectivity index (χ4v) is 4.82. The number of nitrogens with two attached hydrogens (primary N) is 1. The predicted molar refractivity (Wildman–Crippen MR) is 136 cm³/mol. The second-order valence-electron chi connectivity index (χ2n) is 8.22.